The summed E-state index contributed by atoms with van der Waals surface area (Å²) >= 11 is 2.60. The number of thioether (sulfide) groups is 1. The average molecular weight is 385 g/mol. The Morgan fingerprint density at radius 3 is 2.52 bits per heavy atom. The molecule has 0 N–H and O–H groups in total. The molecule has 0 saturated carbocycles. The minimum Gasteiger partial charge on any atom is -0.462 e. The molecular weight excluding hydrogens is 373 g/mol. The second-order valence-corrected chi connectivity index (χ2v) is 5.62. The molecule has 0 bridgehead atoms. The maximum Gasteiger partial charge on any atom is 0.446 e. The maximum atomic E-state index is 12.6. The standard InChI is InChI=1S/C13H12BrF3O3S/c1-2-20-12(19)10-4-3-8(5-9(18)7-14)6-11(10)21-13(15,16)17/h3-4,6H,2,5,7H2,1H3. The fourth-order valence-corrected chi connectivity index (χ4v) is 2.46. The lowest BCUT2D eigenvalue weighted by molar-refractivity contribution is -0.115. The smallest absolute Gasteiger partial charge is 0.446 e. The number of esters is 1. The first-order chi connectivity index (χ1) is 9.76. The monoisotopic (exact) mass is 384 g/mol. The van der Waals surface area contributed by atoms with Crippen LogP contribution in [-0.4, -0.2) is 29.2 Å². The summed E-state index contributed by atoms with van der Waals surface area (Å²) in [6.07, 6.45) is -0.000226. The molecule has 0 fully saturated rings. The third-order valence-corrected chi connectivity index (χ3v) is 3.73. The Hall–Kier alpha value is -1.02. The number of ketones is 1. The molecule has 0 atom stereocenters. The molecule has 0 aliphatic heterocycles. The third-order valence-electron chi connectivity index (χ3n) is 2.32. The van der Waals surface area contributed by atoms with Gasteiger partial charge in [-0.25, -0.2) is 4.79 Å². The number of rotatable bonds is 6. The van der Waals surface area contributed by atoms with Crippen LogP contribution in [0.15, 0.2) is 23.1 Å². The summed E-state index contributed by atoms with van der Waals surface area (Å²) in [4.78, 5) is 22.7. The molecule has 0 aliphatic carbocycles. The van der Waals surface area contributed by atoms with Gasteiger partial charge in [-0.05, 0) is 36.4 Å². The minimum atomic E-state index is -4.53. The van der Waals surface area contributed by atoms with Crippen molar-refractivity contribution in [2.24, 2.45) is 0 Å². The van der Waals surface area contributed by atoms with E-state index < -0.39 is 23.2 Å². The predicted molar refractivity (Wildman–Crippen MR) is 76.8 cm³/mol. The molecular formula is C13H12BrF3O3S. The van der Waals surface area contributed by atoms with Crippen molar-refractivity contribution in [3.05, 3.63) is 29.3 Å². The number of halogens is 4. The number of ether oxygens (including phenoxy) is 1. The lowest BCUT2D eigenvalue weighted by atomic mass is 10.1. The molecule has 1 rings (SSSR count). The first-order valence-electron chi connectivity index (χ1n) is 5.90. The molecule has 21 heavy (non-hydrogen) atoms. The molecule has 0 saturated heterocycles. The minimum absolute atomic E-state index is 0.000226. The molecule has 0 spiro atoms. The first kappa shape index (κ1) is 18.0. The number of hydrogen-bond donors (Lipinski definition) is 0. The van der Waals surface area contributed by atoms with Gasteiger partial charge in [-0.15, -0.1) is 0 Å². The molecule has 1 aromatic rings. The largest absolute Gasteiger partial charge is 0.462 e. The van der Waals surface area contributed by atoms with E-state index >= 15 is 0 Å². The Morgan fingerprint density at radius 1 is 1.33 bits per heavy atom. The number of carbonyl (C=O) groups is 2. The maximum absolute atomic E-state index is 12.6. The molecule has 0 aliphatic rings. The number of hydrogen-bond acceptors (Lipinski definition) is 4. The van der Waals surface area contributed by atoms with Crippen molar-refractivity contribution < 1.29 is 27.5 Å². The predicted octanol–water partition coefficient (Wildman–Crippen LogP) is 3.98. The van der Waals surface area contributed by atoms with Crippen LogP contribution in [0.2, 0.25) is 0 Å². The fourth-order valence-electron chi connectivity index (χ4n) is 1.54. The van der Waals surface area contributed by atoms with E-state index in [2.05, 4.69) is 15.9 Å². The van der Waals surface area contributed by atoms with Crippen LogP contribution in [0.3, 0.4) is 0 Å². The van der Waals surface area contributed by atoms with Crippen molar-refractivity contribution in [3.63, 3.8) is 0 Å². The molecule has 0 amide bonds. The van der Waals surface area contributed by atoms with E-state index in [0.717, 1.165) is 0 Å². The molecule has 0 radical (unpaired) electrons. The van der Waals surface area contributed by atoms with Crippen LogP contribution < -0.4 is 0 Å². The molecule has 8 heteroatoms. The van der Waals surface area contributed by atoms with Gasteiger partial charge in [0.05, 0.1) is 17.5 Å². The number of alkyl halides is 4. The Morgan fingerprint density at radius 2 is 2.00 bits per heavy atom. The molecule has 0 aromatic heterocycles. The summed E-state index contributed by atoms with van der Waals surface area (Å²) in [6, 6.07) is 3.90. The van der Waals surface area contributed by atoms with Gasteiger partial charge in [-0.2, -0.15) is 13.2 Å². The summed E-state index contributed by atoms with van der Waals surface area (Å²) in [7, 11) is 0. The summed E-state index contributed by atoms with van der Waals surface area (Å²) in [5.41, 5.74) is -4.27. The highest BCUT2D eigenvalue weighted by molar-refractivity contribution is 9.09. The van der Waals surface area contributed by atoms with E-state index in [9.17, 15) is 22.8 Å². The number of Topliss-reactive ketones (excluding diaryl/α,β-unsaturated/α-hetero) is 1. The molecule has 0 heterocycles. The summed E-state index contributed by atoms with van der Waals surface area (Å²) in [6.45, 7) is 1.64. The van der Waals surface area contributed by atoms with Crippen molar-refractivity contribution in [2.45, 2.75) is 23.7 Å². The summed E-state index contributed by atoms with van der Waals surface area (Å²) < 4.78 is 42.4. The van der Waals surface area contributed by atoms with E-state index in [1.165, 1.54) is 18.2 Å². The van der Waals surface area contributed by atoms with Gasteiger partial charge >= 0.3 is 11.5 Å². The zero-order chi connectivity index (χ0) is 16.0. The van der Waals surface area contributed by atoms with E-state index in [1.807, 2.05) is 0 Å². The van der Waals surface area contributed by atoms with E-state index in [0.29, 0.717) is 5.56 Å². The van der Waals surface area contributed by atoms with Gasteiger partial charge in [-0.1, -0.05) is 22.0 Å². The van der Waals surface area contributed by atoms with E-state index in [4.69, 9.17) is 4.74 Å². The topological polar surface area (TPSA) is 43.4 Å². The molecule has 3 nitrogen and oxygen atoms in total. The molecule has 1 aromatic carbocycles. The number of benzene rings is 1. The van der Waals surface area contributed by atoms with Crippen LogP contribution in [0.5, 0.6) is 0 Å². The summed E-state index contributed by atoms with van der Waals surface area (Å²) in [5, 5.41) is 0.119. The van der Waals surface area contributed by atoms with Crippen LogP contribution in [-0.2, 0) is 16.0 Å². The van der Waals surface area contributed by atoms with Crippen molar-refractivity contribution in [3.8, 4) is 0 Å². The van der Waals surface area contributed by atoms with Crippen LogP contribution in [0.25, 0.3) is 0 Å². The van der Waals surface area contributed by atoms with Crippen LogP contribution in [0.4, 0.5) is 13.2 Å². The zero-order valence-corrected chi connectivity index (χ0v) is 13.4. The van der Waals surface area contributed by atoms with E-state index in [-0.39, 0.29) is 34.6 Å². The first-order valence-corrected chi connectivity index (χ1v) is 7.84. The normalized spacial score (nSPS) is 11.3. The molecule has 116 valence electrons. The van der Waals surface area contributed by atoms with Crippen molar-refractivity contribution in [2.75, 3.05) is 11.9 Å². The van der Waals surface area contributed by atoms with Gasteiger partial charge in [0.1, 0.15) is 5.78 Å². The fraction of sp³-hybridized carbons (Fsp3) is 0.385. The Balaban J connectivity index is 3.13. The van der Waals surface area contributed by atoms with Crippen LogP contribution in [0, 0.1) is 0 Å². The van der Waals surface area contributed by atoms with Gasteiger partial charge in [0, 0.05) is 11.3 Å². The molecule has 0 unspecified atom stereocenters. The van der Waals surface area contributed by atoms with Gasteiger partial charge in [0.15, 0.2) is 0 Å². The van der Waals surface area contributed by atoms with E-state index in [1.54, 1.807) is 6.92 Å². The van der Waals surface area contributed by atoms with Crippen molar-refractivity contribution >= 4 is 39.4 Å². The highest BCUT2D eigenvalue weighted by Crippen LogP contribution is 2.39. The Labute approximate surface area is 132 Å². The summed E-state index contributed by atoms with van der Waals surface area (Å²) in [5.74, 6) is -0.982. The lowest BCUT2D eigenvalue weighted by Gasteiger charge is -2.12. The Bertz CT molecular complexity index is 532. The average Bonchev–Trinajstić information content (AvgIpc) is 2.37. The van der Waals surface area contributed by atoms with Gasteiger partial charge in [0.25, 0.3) is 0 Å². The van der Waals surface area contributed by atoms with Crippen molar-refractivity contribution in [1.29, 1.82) is 0 Å². The van der Waals surface area contributed by atoms with Gasteiger partial charge in [0.2, 0.25) is 0 Å². The number of carbonyl (C=O) groups excluding carboxylic acids is 2. The van der Waals surface area contributed by atoms with Crippen molar-refractivity contribution in [1.82, 2.24) is 0 Å². The highest BCUT2D eigenvalue weighted by Gasteiger charge is 2.32. The zero-order valence-electron chi connectivity index (χ0n) is 11.0. The second kappa shape index (κ2) is 7.84. The van der Waals surface area contributed by atoms with Crippen LogP contribution >= 0.6 is 27.7 Å². The second-order valence-electron chi connectivity index (χ2n) is 3.95. The van der Waals surface area contributed by atoms with Gasteiger partial charge < -0.3 is 4.74 Å². The van der Waals surface area contributed by atoms with Crippen LogP contribution in [0.1, 0.15) is 22.8 Å². The van der Waals surface area contributed by atoms with Gasteiger partial charge in [-0.3, -0.25) is 4.79 Å². The third kappa shape index (κ3) is 6.09. The quantitative estimate of drug-likeness (QED) is 0.422. The lowest BCUT2D eigenvalue weighted by Crippen LogP contribution is -2.10. The Kier molecular flexibility index (Phi) is 6.73. The highest BCUT2D eigenvalue weighted by atomic mass is 79.9. The SMILES string of the molecule is CCOC(=O)c1ccc(CC(=O)CBr)cc1SC(F)(F)F.